The summed E-state index contributed by atoms with van der Waals surface area (Å²) in [5.74, 6) is -0.517. The highest BCUT2D eigenvalue weighted by Crippen LogP contribution is 2.20. The van der Waals surface area contributed by atoms with Gasteiger partial charge in [0.15, 0.2) is 0 Å². The Morgan fingerprint density at radius 3 is 2.31 bits per heavy atom. The molecule has 2 aromatic carbocycles. The highest BCUT2D eigenvalue weighted by molar-refractivity contribution is 5.92. The Labute approximate surface area is 150 Å². The Hall–Kier alpha value is -3.22. The maximum atomic E-state index is 13.6. The van der Waals surface area contributed by atoms with Crippen molar-refractivity contribution in [1.82, 2.24) is 4.90 Å². The maximum Gasteiger partial charge on any atom is 0.269 e. The molecule has 1 aliphatic rings. The van der Waals surface area contributed by atoms with Gasteiger partial charge in [-0.1, -0.05) is 18.2 Å². The maximum absolute atomic E-state index is 13.6. The first kappa shape index (κ1) is 17.6. The molecule has 0 unspecified atom stereocenters. The number of nitro groups is 1. The molecule has 1 amide bonds. The standard InChI is InChI=1S/C19H18FN3O3/c20-18-4-2-1-3-15(18)5-10-19(24)22-13-11-21(12-14-22)16-6-8-17(9-7-16)23(25)26/h1-10H,11-14H2/b10-5+. The van der Waals surface area contributed by atoms with Crippen LogP contribution in [-0.4, -0.2) is 41.9 Å². The van der Waals surface area contributed by atoms with Gasteiger partial charge in [0.2, 0.25) is 5.91 Å². The average Bonchev–Trinajstić information content (AvgIpc) is 2.67. The first-order chi connectivity index (χ1) is 12.5. The monoisotopic (exact) mass is 355 g/mol. The van der Waals surface area contributed by atoms with Crippen LogP contribution in [0.15, 0.2) is 54.6 Å². The van der Waals surface area contributed by atoms with Crippen molar-refractivity contribution in [3.8, 4) is 0 Å². The van der Waals surface area contributed by atoms with E-state index in [4.69, 9.17) is 0 Å². The number of nitro benzene ring substituents is 1. The van der Waals surface area contributed by atoms with Crippen LogP contribution in [0.5, 0.6) is 0 Å². The topological polar surface area (TPSA) is 66.7 Å². The van der Waals surface area contributed by atoms with Crippen molar-refractivity contribution in [3.05, 3.63) is 76.1 Å². The van der Waals surface area contributed by atoms with Gasteiger partial charge in [-0.3, -0.25) is 14.9 Å². The van der Waals surface area contributed by atoms with Gasteiger partial charge in [0.1, 0.15) is 5.82 Å². The lowest BCUT2D eigenvalue weighted by Crippen LogP contribution is -2.48. The lowest BCUT2D eigenvalue weighted by molar-refractivity contribution is -0.384. The molecule has 0 saturated carbocycles. The zero-order valence-electron chi connectivity index (χ0n) is 14.0. The van der Waals surface area contributed by atoms with Crippen LogP contribution in [-0.2, 0) is 4.79 Å². The van der Waals surface area contributed by atoms with E-state index >= 15 is 0 Å². The number of nitrogens with zero attached hydrogens (tertiary/aromatic N) is 3. The third kappa shape index (κ3) is 4.05. The van der Waals surface area contributed by atoms with E-state index in [0.29, 0.717) is 31.7 Å². The molecule has 1 aliphatic heterocycles. The fourth-order valence-electron chi connectivity index (χ4n) is 2.85. The van der Waals surface area contributed by atoms with Crippen molar-refractivity contribution in [3.63, 3.8) is 0 Å². The summed E-state index contributed by atoms with van der Waals surface area (Å²) in [6.45, 7) is 2.35. The van der Waals surface area contributed by atoms with E-state index in [2.05, 4.69) is 4.90 Å². The zero-order valence-corrected chi connectivity index (χ0v) is 14.0. The molecule has 134 valence electrons. The summed E-state index contributed by atoms with van der Waals surface area (Å²) >= 11 is 0. The summed E-state index contributed by atoms with van der Waals surface area (Å²) in [4.78, 5) is 26.3. The van der Waals surface area contributed by atoms with Crippen LogP contribution in [0.1, 0.15) is 5.56 Å². The van der Waals surface area contributed by atoms with E-state index in [1.54, 1.807) is 35.2 Å². The summed E-state index contributed by atoms with van der Waals surface area (Å²) in [6.07, 6.45) is 2.88. The van der Waals surface area contributed by atoms with Gasteiger partial charge in [0.25, 0.3) is 5.69 Å². The number of non-ortho nitro benzene ring substituents is 1. The summed E-state index contributed by atoms with van der Waals surface area (Å²) < 4.78 is 13.6. The fourth-order valence-corrected chi connectivity index (χ4v) is 2.85. The fraction of sp³-hybridized carbons (Fsp3) is 0.211. The number of anilines is 1. The second-order valence-electron chi connectivity index (χ2n) is 5.94. The van der Waals surface area contributed by atoms with Crippen LogP contribution in [0, 0.1) is 15.9 Å². The van der Waals surface area contributed by atoms with Gasteiger partial charge < -0.3 is 9.80 Å². The number of carbonyl (C=O) groups excluding carboxylic acids is 1. The predicted molar refractivity (Wildman–Crippen MR) is 97.3 cm³/mol. The van der Waals surface area contributed by atoms with Gasteiger partial charge in [-0.2, -0.15) is 0 Å². The Kier molecular flexibility index (Phi) is 5.26. The molecular weight excluding hydrogens is 337 g/mol. The molecule has 1 saturated heterocycles. The second-order valence-corrected chi connectivity index (χ2v) is 5.94. The van der Waals surface area contributed by atoms with Crippen molar-refractivity contribution in [2.24, 2.45) is 0 Å². The lowest BCUT2D eigenvalue weighted by atomic mass is 10.2. The third-order valence-electron chi connectivity index (χ3n) is 4.33. The minimum Gasteiger partial charge on any atom is -0.368 e. The van der Waals surface area contributed by atoms with Crippen molar-refractivity contribution in [1.29, 1.82) is 0 Å². The van der Waals surface area contributed by atoms with E-state index < -0.39 is 4.92 Å². The largest absolute Gasteiger partial charge is 0.368 e. The van der Waals surface area contributed by atoms with Crippen LogP contribution < -0.4 is 4.90 Å². The van der Waals surface area contributed by atoms with Gasteiger partial charge in [-0.25, -0.2) is 4.39 Å². The third-order valence-corrected chi connectivity index (χ3v) is 4.33. The van der Waals surface area contributed by atoms with Crippen LogP contribution in [0.4, 0.5) is 15.8 Å². The van der Waals surface area contributed by atoms with E-state index in [9.17, 15) is 19.3 Å². The summed E-state index contributed by atoms with van der Waals surface area (Å²) in [7, 11) is 0. The second kappa shape index (κ2) is 7.77. The molecular formula is C19H18FN3O3. The molecule has 6 nitrogen and oxygen atoms in total. The van der Waals surface area contributed by atoms with Crippen LogP contribution in [0.25, 0.3) is 6.08 Å². The molecule has 2 aromatic rings. The smallest absolute Gasteiger partial charge is 0.269 e. The first-order valence-corrected chi connectivity index (χ1v) is 8.25. The van der Waals surface area contributed by atoms with E-state index in [0.717, 1.165) is 5.69 Å². The number of rotatable bonds is 4. The Morgan fingerprint density at radius 2 is 1.69 bits per heavy atom. The number of carbonyl (C=O) groups is 1. The van der Waals surface area contributed by atoms with Gasteiger partial charge in [-0.15, -0.1) is 0 Å². The predicted octanol–water partition coefficient (Wildman–Crippen LogP) is 3.10. The molecule has 3 rings (SSSR count). The first-order valence-electron chi connectivity index (χ1n) is 8.25. The number of halogens is 1. The minimum absolute atomic E-state index is 0.0563. The van der Waals surface area contributed by atoms with Gasteiger partial charge in [0, 0.05) is 55.6 Å². The van der Waals surface area contributed by atoms with Crippen LogP contribution in [0.3, 0.4) is 0 Å². The molecule has 26 heavy (non-hydrogen) atoms. The molecule has 1 fully saturated rings. The van der Waals surface area contributed by atoms with Crippen molar-refractivity contribution in [2.75, 3.05) is 31.1 Å². The zero-order chi connectivity index (χ0) is 18.5. The van der Waals surface area contributed by atoms with Gasteiger partial charge in [0.05, 0.1) is 4.92 Å². The quantitative estimate of drug-likeness (QED) is 0.480. The van der Waals surface area contributed by atoms with Crippen LogP contribution >= 0.6 is 0 Å². The van der Waals surface area contributed by atoms with E-state index in [1.807, 2.05) is 0 Å². The molecule has 0 atom stereocenters. The molecule has 0 aliphatic carbocycles. The van der Waals surface area contributed by atoms with Gasteiger partial charge in [-0.05, 0) is 24.3 Å². The Bertz CT molecular complexity index is 828. The Morgan fingerprint density at radius 1 is 1.04 bits per heavy atom. The normalized spacial score (nSPS) is 14.7. The molecule has 0 aromatic heterocycles. The summed E-state index contributed by atoms with van der Waals surface area (Å²) in [5, 5.41) is 10.7. The highest BCUT2D eigenvalue weighted by atomic mass is 19.1. The van der Waals surface area contributed by atoms with Crippen molar-refractivity contribution >= 4 is 23.4 Å². The molecule has 0 spiro atoms. The SMILES string of the molecule is O=C(/C=C/c1ccccc1F)N1CCN(c2ccc([N+](=O)[O-])cc2)CC1. The molecule has 1 heterocycles. The number of hydrogen-bond donors (Lipinski definition) is 0. The number of hydrogen-bond acceptors (Lipinski definition) is 4. The number of amides is 1. The molecule has 0 N–H and O–H groups in total. The molecule has 0 bridgehead atoms. The molecule has 7 heteroatoms. The highest BCUT2D eigenvalue weighted by Gasteiger charge is 2.20. The van der Waals surface area contributed by atoms with E-state index in [1.165, 1.54) is 30.4 Å². The average molecular weight is 355 g/mol. The van der Waals surface area contributed by atoms with Crippen molar-refractivity contribution in [2.45, 2.75) is 0 Å². The number of benzene rings is 2. The van der Waals surface area contributed by atoms with Gasteiger partial charge >= 0.3 is 0 Å². The minimum atomic E-state index is -0.428. The van der Waals surface area contributed by atoms with Crippen LogP contribution in [0.2, 0.25) is 0 Å². The lowest BCUT2D eigenvalue weighted by Gasteiger charge is -2.35. The summed E-state index contributed by atoms with van der Waals surface area (Å²) in [6, 6.07) is 12.7. The number of piperazine rings is 1. The summed E-state index contributed by atoms with van der Waals surface area (Å²) in [5.41, 5.74) is 1.33. The van der Waals surface area contributed by atoms with E-state index in [-0.39, 0.29) is 17.4 Å². The Balaban J connectivity index is 1.57. The molecule has 0 radical (unpaired) electrons. The van der Waals surface area contributed by atoms with Crippen molar-refractivity contribution < 1.29 is 14.1 Å².